The molecule has 0 spiro atoms. The van der Waals surface area contributed by atoms with E-state index in [4.69, 9.17) is 0 Å². The Morgan fingerprint density at radius 2 is 1.80 bits per heavy atom. The first-order valence-electron chi connectivity index (χ1n) is 4.22. The molecule has 0 aliphatic carbocycles. The molecule has 0 saturated carbocycles. The van der Waals surface area contributed by atoms with E-state index >= 15 is 0 Å². The molecule has 2 rings (SSSR count). The van der Waals surface area contributed by atoms with Gasteiger partial charge in [-0.15, -0.1) is 11.3 Å². The van der Waals surface area contributed by atoms with Crippen LogP contribution in [0.15, 0.2) is 40.9 Å². The molecular formula is C11H6BrIOS. The van der Waals surface area contributed by atoms with Gasteiger partial charge in [0.05, 0.1) is 7.76 Å². The predicted octanol–water partition coefficient (Wildman–Crippen LogP) is 4.35. The number of benzene rings is 1. The van der Waals surface area contributed by atoms with Crippen LogP contribution in [0.4, 0.5) is 0 Å². The molecule has 15 heavy (non-hydrogen) atoms. The highest BCUT2D eigenvalue weighted by Crippen LogP contribution is 2.22. The van der Waals surface area contributed by atoms with Crippen molar-refractivity contribution in [2.24, 2.45) is 0 Å². The third-order valence-electron chi connectivity index (χ3n) is 1.90. The third-order valence-corrected chi connectivity index (χ3v) is 4.32. The van der Waals surface area contributed by atoms with Crippen molar-refractivity contribution < 1.29 is 4.79 Å². The molecule has 0 amide bonds. The Labute approximate surface area is 114 Å². The first kappa shape index (κ1) is 11.3. The molecule has 1 nitrogen and oxygen atoms in total. The summed E-state index contributed by atoms with van der Waals surface area (Å²) in [6.07, 6.45) is 0. The second kappa shape index (κ2) is 4.76. The lowest BCUT2D eigenvalue weighted by Gasteiger charge is -1.97. The van der Waals surface area contributed by atoms with E-state index in [-0.39, 0.29) is 5.78 Å². The molecule has 0 unspecified atom stereocenters. The topological polar surface area (TPSA) is 17.1 Å². The Morgan fingerprint density at radius 3 is 2.33 bits per heavy atom. The summed E-state index contributed by atoms with van der Waals surface area (Å²) in [7, 11) is 0. The summed E-state index contributed by atoms with van der Waals surface area (Å²) in [6, 6.07) is 11.3. The van der Waals surface area contributed by atoms with Gasteiger partial charge in [0.1, 0.15) is 0 Å². The average Bonchev–Trinajstić information content (AvgIpc) is 2.65. The number of hydrogen-bond donors (Lipinski definition) is 0. The van der Waals surface area contributed by atoms with E-state index < -0.39 is 0 Å². The van der Waals surface area contributed by atoms with Crippen LogP contribution in [0.25, 0.3) is 0 Å². The monoisotopic (exact) mass is 392 g/mol. The van der Waals surface area contributed by atoms with E-state index in [0.29, 0.717) is 0 Å². The molecule has 0 aliphatic rings. The maximum Gasteiger partial charge on any atom is 0.202 e. The van der Waals surface area contributed by atoms with Crippen LogP contribution < -0.4 is 0 Å². The van der Waals surface area contributed by atoms with Crippen molar-refractivity contribution in [3.05, 3.63) is 54.2 Å². The van der Waals surface area contributed by atoms with E-state index in [1.165, 1.54) is 11.3 Å². The molecule has 0 aliphatic heterocycles. The van der Waals surface area contributed by atoms with Crippen molar-refractivity contribution >= 4 is 55.6 Å². The lowest BCUT2D eigenvalue weighted by Crippen LogP contribution is -1.97. The van der Waals surface area contributed by atoms with Gasteiger partial charge in [-0.1, -0.05) is 15.9 Å². The number of halogens is 2. The molecule has 0 saturated heterocycles. The first-order chi connectivity index (χ1) is 7.16. The van der Waals surface area contributed by atoms with Crippen LogP contribution in [-0.4, -0.2) is 5.78 Å². The number of carbonyl (C=O) groups excluding carboxylic acids is 1. The average molecular weight is 393 g/mol. The number of hydrogen-bond acceptors (Lipinski definition) is 2. The van der Waals surface area contributed by atoms with Gasteiger partial charge in [-0.2, -0.15) is 0 Å². The van der Waals surface area contributed by atoms with Crippen molar-refractivity contribution in [2.45, 2.75) is 0 Å². The molecular weight excluding hydrogens is 387 g/mol. The Hall–Kier alpha value is -0.200. The zero-order valence-corrected chi connectivity index (χ0v) is 12.1. The van der Waals surface area contributed by atoms with Gasteiger partial charge < -0.3 is 0 Å². The summed E-state index contributed by atoms with van der Waals surface area (Å²) in [5, 5.41) is 0. The highest BCUT2D eigenvalue weighted by Gasteiger charge is 2.10. The molecule has 1 heterocycles. The number of ketones is 1. The largest absolute Gasteiger partial charge is 0.288 e. The van der Waals surface area contributed by atoms with Gasteiger partial charge >= 0.3 is 0 Å². The lowest BCUT2D eigenvalue weighted by molar-refractivity contribution is 0.104. The van der Waals surface area contributed by atoms with Crippen LogP contribution >= 0.6 is 49.9 Å². The van der Waals surface area contributed by atoms with Crippen LogP contribution in [0.3, 0.4) is 0 Å². The highest BCUT2D eigenvalue weighted by atomic mass is 127. The Bertz CT molecular complexity index is 490. The van der Waals surface area contributed by atoms with Gasteiger partial charge in [-0.25, -0.2) is 0 Å². The molecule has 0 bridgehead atoms. The van der Waals surface area contributed by atoms with Gasteiger partial charge in [0.15, 0.2) is 0 Å². The summed E-state index contributed by atoms with van der Waals surface area (Å²) in [5.41, 5.74) is 0.733. The molecule has 0 radical (unpaired) electrons. The van der Waals surface area contributed by atoms with Gasteiger partial charge in [0, 0.05) is 10.0 Å². The summed E-state index contributed by atoms with van der Waals surface area (Å²) >= 11 is 7.08. The van der Waals surface area contributed by atoms with Crippen LogP contribution in [0.2, 0.25) is 0 Å². The summed E-state index contributed by atoms with van der Waals surface area (Å²) in [5.74, 6) is 0.0930. The maximum absolute atomic E-state index is 12.0. The minimum absolute atomic E-state index is 0.0930. The second-order valence-electron chi connectivity index (χ2n) is 2.94. The van der Waals surface area contributed by atoms with E-state index in [2.05, 4.69) is 38.5 Å². The van der Waals surface area contributed by atoms with Crippen molar-refractivity contribution in [1.29, 1.82) is 0 Å². The number of rotatable bonds is 2. The Kier molecular flexibility index (Phi) is 3.58. The second-order valence-corrected chi connectivity index (χ2v) is 6.83. The molecule has 1 aromatic heterocycles. The maximum atomic E-state index is 12.0. The van der Waals surface area contributed by atoms with E-state index in [9.17, 15) is 4.79 Å². The van der Waals surface area contributed by atoms with Crippen LogP contribution in [-0.2, 0) is 0 Å². The van der Waals surface area contributed by atoms with Gasteiger partial charge in [0.25, 0.3) is 0 Å². The summed E-state index contributed by atoms with van der Waals surface area (Å²) in [6.45, 7) is 0. The van der Waals surface area contributed by atoms with Gasteiger partial charge in [-0.3, -0.25) is 4.79 Å². The smallest absolute Gasteiger partial charge is 0.202 e. The lowest BCUT2D eigenvalue weighted by atomic mass is 10.1. The summed E-state index contributed by atoms with van der Waals surface area (Å²) < 4.78 is 2.12. The van der Waals surface area contributed by atoms with E-state index in [1.54, 1.807) is 0 Å². The van der Waals surface area contributed by atoms with Crippen molar-refractivity contribution in [1.82, 2.24) is 0 Å². The minimum atomic E-state index is 0.0930. The fourth-order valence-corrected chi connectivity index (χ4v) is 3.03. The molecule has 4 heteroatoms. The number of thiophene rings is 1. The molecule has 0 N–H and O–H groups in total. The molecule has 0 atom stereocenters. The third kappa shape index (κ3) is 2.68. The fourth-order valence-electron chi connectivity index (χ4n) is 1.18. The molecule has 2 aromatic rings. The Morgan fingerprint density at radius 1 is 1.13 bits per heavy atom. The zero-order valence-electron chi connectivity index (χ0n) is 7.54. The molecule has 1 aromatic carbocycles. The normalized spacial score (nSPS) is 10.3. The van der Waals surface area contributed by atoms with Crippen LogP contribution in [0.1, 0.15) is 15.2 Å². The van der Waals surface area contributed by atoms with Gasteiger partial charge in [0.2, 0.25) is 5.78 Å². The minimum Gasteiger partial charge on any atom is -0.288 e. The van der Waals surface area contributed by atoms with Crippen molar-refractivity contribution in [3.8, 4) is 0 Å². The zero-order chi connectivity index (χ0) is 10.8. The van der Waals surface area contributed by atoms with Crippen molar-refractivity contribution in [2.75, 3.05) is 0 Å². The highest BCUT2D eigenvalue weighted by molar-refractivity contribution is 14.1. The van der Waals surface area contributed by atoms with E-state index in [0.717, 1.165) is 17.8 Å². The first-order valence-corrected chi connectivity index (χ1v) is 6.91. The van der Waals surface area contributed by atoms with Gasteiger partial charge in [-0.05, 0) is 59.0 Å². The van der Waals surface area contributed by atoms with E-state index in [1.807, 2.05) is 36.4 Å². The van der Waals surface area contributed by atoms with Crippen LogP contribution in [0, 0.1) is 2.88 Å². The van der Waals surface area contributed by atoms with Crippen LogP contribution in [0.5, 0.6) is 0 Å². The molecule has 0 fully saturated rings. The molecule has 76 valence electrons. The fraction of sp³-hybridized carbons (Fsp3) is 0. The quantitative estimate of drug-likeness (QED) is 0.548. The van der Waals surface area contributed by atoms with Crippen molar-refractivity contribution in [3.63, 3.8) is 0 Å². The summed E-state index contributed by atoms with van der Waals surface area (Å²) in [4.78, 5) is 12.8. The number of carbonyl (C=O) groups is 1. The standard InChI is InChI=1S/C11H6BrIOS/c12-8-3-1-7(2-4-8)11(14)9-5-6-10(13)15-9/h1-6H. The SMILES string of the molecule is O=C(c1ccc(Br)cc1)c1ccc(I)s1. The Balaban J connectivity index is 2.32. The predicted molar refractivity (Wildman–Crippen MR) is 74.6 cm³/mol.